The highest BCUT2D eigenvalue weighted by atomic mass is 35.5. The van der Waals surface area contributed by atoms with E-state index in [0.717, 1.165) is 12.1 Å². The molecule has 2 aliphatic heterocycles. The van der Waals surface area contributed by atoms with Crippen molar-refractivity contribution in [1.29, 1.82) is 0 Å². The summed E-state index contributed by atoms with van der Waals surface area (Å²) in [4.78, 5) is 50.2. The van der Waals surface area contributed by atoms with E-state index >= 15 is 0 Å². The van der Waals surface area contributed by atoms with Gasteiger partial charge in [-0.15, -0.1) is 0 Å². The molecule has 0 radical (unpaired) electrons. The Morgan fingerprint density at radius 1 is 1.28 bits per heavy atom. The molecule has 2 heterocycles. The number of rotatable bonds is 5. The number of carbonyl (C=O) groups is 4. The molecule has 7 nitrogen and oxygen atoms in total. The zero-order chi connectivity index (χ0) is 27.5. The van der Waals surface area contributed by atoms with Crippen molar-refractivity contribution in [3.8, 4) is 0 Å². The number of hydrogen-bond acceptors (Lipinski definition) is 4. The molecule has 0 saturated carbocycles. The topological polar surface area (TPSA) is 95.6 Å². The van der Waals surface area contributed by atoms with Crippen LogP contribution in [0.5, 0.6) is 0 Å². The Hall–Kier alpha value is -3.33. The van der Waals surface area contributed by atoms with E-state index in [2.05, 4.69) is 0 Å². The quantitative estimate of drug-likeness (QED) is 0.662. The summed E-state index contributed by atoms with van der Waals surface area (Å²) in [5, 5.41) is 1.99. The maximum atomic E-state index is 14.6. The number of benzene rings is 2. The first-order chi connectivity index (χ1) is 17.1. The molecule has 4 amide bonds. The van der Waals surface area contributed by atoms with E-state index in [0.29, 0.717) is 4.90 Å². The Kier molecular flexibility index (Phi) is 4.24. The summed E-state index contributed by atoms with van der Waals surface area (Å²) in [5.41, 5.74) is -0.318. The number of alkyl halides is 2. The third-order valence-corrected chi connectivity index (χ3v) is 5.17. The molecule has 1 unspecified atom stereocenters. The van der Waals surface area contributed by atoms with Gasteiger partial charge in [0.1, 0.15) is 6.02 Å². The Morgan fingerprint density at radius 2 is 2.00 bits per heavy atom. The van der Waals surface area contributed by atoms with E-state index in [4.69, 9.17) is 18.5 Å². The van der Waals surface area contributed by atoms with Gasteiger partial charge in [0.05, 0.1) is 1.37 Å². The van der Waals surface area contributed by atoms with Gasteiger partial charge in [0.2, 0.25) is 11.8 Å². The largest absolute Gasteiger partial charge is 0.349 e. The van der Waals surface area contributed by atoms with Gasteiger partial charge in [-0.1, -0.05) is 35.9 Å². The van der Waals surface area contributed by atoms with Crippen LogP contribution in [0, 0.1) is 0 Å². The fourth-order valence-electron chi connectivity index (χ4n) is 3.31. The van der Waals surface area contributed by atoms with Crippen LogP contribution >= 0.6 is 11.6 Å². The third kappa shape index (κ3) is 4.08. The fraction of sp³-hybridized carbons (Fsp3) is 0.273. The average molecular weight is 467 g/mol. The van der Waals surface area contributed by atoms with Crippen molar-refractivity contribution in [3.63, 3.8) is 0 Å². The molecule has 2 N–H and O–H groups in total. The predicted octanol–water partition coefficient (Wildman–Crippen LogP) is 2.51. The van der Waals surface area contributed by atoms with Crippen molar-refractivity contribution in [2.45, 2.75) is 37.8 Å². The van der Waals surface area contributed by atoms with Crippen molar-refractivity contribution in [2.24, 2.45) is 0 Å². The second-order valence-corrected chi connectivity index (χ2v) is 7.48. The molecule has 2 aromatic rings. The molecule has 4 rings (SSSR count). The van der Waals surface area contributed by atoms with E-state index in [-0.39, 0.29) is 27.0 Å². The molecule has 1 saturated heterocycles. The van der Waals surface area contributed by atoms with E-state index in [1.807, 2.05) is 0 Å². The Balaban J connectivity index is 1.56. The van der Waals surface area contributed by atoms with E-state index in [1.54, 1.807) is 5.32 Å². The van der Waals surface area contributed by atoms with Crippen LogP contribution in [0.4, 0.5) is 8.78 Å². The minimum atomic E-state index is -4.02. The van der Waals surface area contributed by atoms with Gasteiger partial charge < -0.3 is 10.2 Å². The smallest absolute Gasteiger partial charge is 0.346 e. The van der Waals surface area contributed by atoms with Crippen LogP contribution in [0.2, 0.25) is 6.43 Å². The number of nitrogens with zero attached hydrogens (tertiary/aromatic N) is 1. The molecule has 0 bridgehead atoms. The molecule has 0 spiro atoms. The maximum Gasteiger partial charge on any atom is 0.349 e. The molecule has 10 heteroatoms. The summed E-state index contributed by atoms with van der Waals surface area (Å²) in [5.74, 6) is -9.38. The summed E-state index contributed by atoms with van der Waals surface area (Å²) >= 11 is 5.69. The molecule has 166 valence electrons. The van der Waals surface area contributed by atoms with E-state index < -0.39 is 67.0 Å². The second-order valence-electron chi connectivity index (χ2n) is 7.04. The minimum absolute atomic E-state index is 0.0215. The number of fused-ring (bicyclic) bond motifs is 1. The van der Waals surface area contributed by atoms with Gasteiger partial charge in [0.15, 0.2) is 1.41 Å². The van der Waals surface area contributed by atoms with Crippen LogP contribution in [0.3, 0.4) is 0 Å². The monoisotopic (exact) mass is 466 g/mol. The molecular formula is C22H18ClF2N3O4. The number of nitrogens with one attached hydrogen (secondary N) is 2. The highest BCUT2D eigenvalue weighted by Gasteiger charge is 2.41. The third-order valence-electron chi connectivity index (χ3n) is 4.92. The lowest BCUT2D eigenvalue weighted by molar-refractivity contribution is -0.147. The normalized spacial score (nSPS) is 26.8. The predicted molar refractivity (Wildman–Crippen MR) is 110 cm³/mol. The Morgan fingerprint density at radius 3 is 2.72 bits per heavy atom. The average Bonchev–Trinajstić information content (AvgIpc) is 3.17. The zero-order valence-corrected chi connectivity index (χ0v) is 17.0. The van der Waals surface area contributed by atoms with Crippen molar-refractivity contribution in [2.75, 3.05) is 0 Å². The van der Waals surface area contributed by atoms with Crippen LogP contribution in [0.1, 0.15) is 45.3 Å². The fourth-order valence-corrected chi connectivity index (χ4v) is 3.43. The summed E-state index contributed by atoms with van der Waals surface area (Å²) in [6.45, 7) is -1.06. The van der Waals surface area contributed by atoms with Crippen molar-refractivity contribution in [3.05, 3.63) is 69.7 Å². The summed E-state index contributed by atoms with van der Waals surface area (Å²) in [6.07, 6.45) is -5.20. The number of piperidine rings is 1. The number of imide groups is 1. The molecule has 1 fully saturated rings. The van der Waals surface area contributed by atoms with Crippen LogP contribution in [-0.2, 0) is 33.4 Å². The van der Waals surface area contributed by atoms with Crippen molar-refractivity contribution < 1.29 is 34.9 Å². The minimum Gasteiger partial charge on any atom is -0.346 e. The molecular weight excluding hydrogens is 444 g/mol. The molecule has 0 aliphatic carbocycles. The summed E-state index contributed by atoms with van der Waals surface area (Å²) < 4.78 is 69.6. The summed E-state index contributed by atoms with van der Waals surface area (Å²) in [7, 11) is 0. The van der Waals surface area contributed by atoms with Gasteiger partial charge in [-0.2, -0.15) is 8.78 Å². The van der Waals surface area contributed by atoms with Crippen LogP contribution in [0.15, 0.2) is 42.5 Å². The van der Waals surface area contributed by atoms with Gasteiger partial charge >= 0.3 is 5.92 Å². The van der Waals surface area contributed by atoms with Gasteiger partial charge in [0, 0.05) is 39.7 Å². The standard InChI is InChI=1S/C22H18ClF2N3O4/c23-15-4-2-14(3-5-15)22(24,25)21(32)26-10-12-1-6-16-13(9-12)11-28(20(16)31)17-7-8-18(29)27-19(17)30/h1-6,9,17H,7-8,10-11H2,(H,26,32)(H,27,29,30)/t17-/m0/s1/i7D2,8D,17D/hD/t8?,17-. The van der Waals surface area contributed by atoms with E-state index in [9.17, 15) is 28.0 Å². The van der Waals surface area contributed by atoms with Crippen molar-refractivity contribution in [1.82, 2.24) is 15.5 Å². The van der Waals surface area contributed by atoms with Crippen LogP contribution < -0.4 is 10.6 Å². The Labute approximate surface area is 193 Å². The van der Waals surface area contributed by atoms with Crippen molar-refractivity contribution >= 4 is 35.2 Å². The highest BCUT2D eigenvalue weighted by molar-refractivity contribution is 6.30. The lowest BCUT2D eigenvalue weighted by Gasteiger charge is -2.29. The first-order valence-corrected chi connectivity index (χ1v) is 9.66. The Bertz CT molecular complexity index is 1330. The van der Waals surface area contributed by atoms with Gasteiger partial charge in [-0.25, -0.2) is 0 Å². The molecule has 2 aromatic carbocycles. The molecule has 2 aliphatic rings. The lowest BCUT2D eigenvalue weighted by Crippen LogP contribution is -2.52. The summed E-state index contributed by atoms with van der Waals surface area (Å²) in [6, 6.07) is 5.20. The van der Waals surface area contributed by atoms with Gasteiger partial charge in [-0.05, 0) is 35.7 Å². The van der Waals surface area contributed by atoms with Crippen LogP contribution in [0.25, 0.3) is 0 Å². The first-order valence-electron chi connectivity index (χ1n) is 11.8. The van der Waals surface area contributed by atoms with Crippen LogP contribution in [-0.4, -0.2) is 34.5 Å². The first kappa shape index (κ1) is 16.3. The number of amides is 4. The maximum absolute atomic E-state index is 14.6. The second kappa shape index (κ2) is 8.31. The SMILES string of the molecule is [2H]C1C(=O)NC(=O)[C@@]([2H])(N2Cc3cc(CN([2H])C(=O)C(F)(F)c4ccc(Cl)cc4)ccc3C2=O)C1([2H])[2H]. The zero-order valence-electron chi connectivity index (χ0n) is 21.2. The van der Waals surface area contributed by atoms with E-state index in [1.165, 1.54) is 30.3 Å². The van der Waals surface area contributed by atoms with Gasteiger partial charge in [-0.3, -0.25) is 24.5 Å². The molecule has 0 aromatic heterocycles. The highest BCUT2D eigenvalue weighted by Crippen LogP contribution is 2.30. The number of hydrogen-bond donors (Lipinski definition) is 2. The molecule has 32 heavy (non-hydrogen) atoms. The lowest BCUT2D eigenvalue weighted by atomic mass is 10.0. The van der Waals surface area contributed by atoms with Gasteiger partial charge in [0.25, 0.3) is 11.8 Å². The number of halogens is 3. The molecule has 2 atom stereocenters. The number of carbonyl (C=O) groups excluding carboxylic acids is 4.